The number of hydrogen-bond donors (Lipinski definition) is 1. The number of carbonyl (C=O) groups excluding carboxylic acids is 2. The first-order valence-electron chi connectivity index (χ1n) is 10.4. The summed E-state index contributed by atoms with van der Waals surface area (Å²) in [5.41, 5.74) is 6.03. The Kier molecular flexibility index (Phi) is 6.29. The van der Waals surface area contributed by atoms with E-state index in [4.69, 9.17) is 5.73 Å². The molecule has 0 aliphatic carbocycles. The van der Waals surface area contributed by atoms with Crippen molar-refractivity contribution in [3.05, 3.63) is 81.9 Å². The quantitative estimate of drug-likeness (QED) is 0.679. The predicted molar refractivity (Wildman–Crippen MR) is 119 cm³/mol. The van der Waals surface area contributed by atoms with E-state index < -0.39 is 23.1 Å². The normalized spacial score (nSPS) is 19.1. The van der Waals surface area contributed by atoms with Crippen molar-refractivity contribution in [1.82, 2.24) is 14.7 Å². The summed E-state index contributed by atoms with van der Waals surface area (Å²) in [5, 5.41) is 0. The van der Waals surface area contributed by atoms with Crippen LogP contribution in [0.25, 0.3) is 0 Å². The first-order chi connectivity index (χ1) is 15.7. The van der Waals surface area contributed by atoms with Gasteiger partial charge < -0.3 is 15.5 Å². The van der Waals surface area contributed by atoms with Crippen molar-refractivity contribution in [1.29, 1.82) is 0 Å². The number of benzene rings is 2. The van der Waals surface area contributed by atoms with Gasteiger partial charge in [0, 0.05) is 31.9 Å². The van der Waals surface area contributed by atoms with Crippen molar-refractivity contribution < 1.29 is 22.8 Å². The Balaban J connectivity index is 1.55. The highest BCUT2D eigenvalue weighted by molar-refractivity contribution is 8.04. The zero-order chi connectivity index (χ0) is 23.8. The Morgan fingerprint density at radius 2 is 1.73 bits per heavy atom. The minimum absolute atomic E-state index is 0.0487. The maximum Gasteiger partial charge on any atom is 0.416 e. The van der Waals surface area contributed by atoms with Gasteiger partial charge in [0.2, 0.25) is 0 Å². The van der Waals surface area contributed by atoms with Crippen LogP contribution < -0.4 is 5.73 Å². The SMILES string of the molecule is CC1=C(C(N)=O)SC(N2CCN(Cc3ccccc3C(F)(F)F)C2=O)N1Cc1ccccc1. The molecular weight excluding hydrogens is 453 g/mol. The lowest BCUT2D eigenvalue weighted by Crippen LogP contribution is -2.45. The van der Waals surface area contributed by atoms with Crippen LogP contribution in [0.5, 0.6) is 0 Å². The molecule has 0 aromatic heterocycles. The average molecular weight is 477 g/mol. The van der Waals surface area contributed by atoms with Crippen LogP contribution in [-0.2, 0) is 24.1 Å². The van der Waals surface area contributed by atoms with E-state index in [1.54, 1.807) is 11.8 Å². The smallest absolute Gasteiger partial charge is 0.365 e. The van der Waals surface area contributed by atoms with E-state index >= 15 is 0 Å². The van der Waals surface area contributed by atoms with Crippen LogP contribution in [0.3, 0.4) is 0 Å². The summed E-state index contributed by atoms with van der Waals surface area (Å²) in [6, 6.07) is 14.5. The van der Waals surface area contributed by atoms with Gasteiger partial charge in [0.15, 0.2) is 5.50 Å². The minimum atomic E-state index is -4.50. The molecule has 3 amide bonds. The molecule has 10 heteroatoms. The van der Waals surface area contributed by atoms with Gasteiger partial charge in [-0.25, -0.2) is 4.79 Å². The Morgan fingerprint density at radius 3 is 2.39 bits per heavy atom. The molecule has 6 nitrogen and oxygen atoms in total. The molecule has 2 aromatic rings. The van der Waals surface area contributed by atoms with Crippen LogP contribution >= 0.6 is 11.8 Å². The van der Waals surface area contributed by atoms with Crippen molar-refractivity contribution in [3.63, 3.8) is 0 Å². The minimum Gasteiger partial charge on any atom is -0.365 e. The monoisotopic (exact) mass is 476 g/mol. The second-order valence-corrected chi connectivity index (χ2v) is 8.95. The van der Waals surface area contributed by atoms with Gasteiger partial charge in [-0.3, -0.25) is 9.69 Å². The Labute approximate surface area is 193 Å². The molecule has 1 fully saturated rings. The number of allylic oxidation sites excluding steroid dienone is 1. The molecule has 0 bridgehead atoms. The summed E-state index contributed by atoms with van der Waals surface area (Å²) in [4.78, 5) is 30.5. The molecular formula is C23H23F3N4O2S. The number of carbonyl (C=O) groups is 2. The second kappa shape index (κ2) is 9.01. The highest BCUT2D eigenvalue weighted by atomic mass is 32.2. The lowest BCUT2D eigenvalue weighted by molar-refractivity contribution is -0.138. The third kappa shape index (κ3) is 4.66. The fourth-order valence-electron chi connectivity index (χ4n) is 4.09. The number of nitrogens with two attached hydrogens (primary N) is 1. The molecule has 0 saturated carbocycles. The van der Waals surface area contributed by atoms with E-state index in [2.05, 4.69) is 0 Å². The number of alkyl halides is 3. The molecule has 2 heterocycles. The summed E-state index contributed by atoms with van der Waals surface area (Å²) < 4.78 is 40.2. The van der Waals surface area contributed by atoms with Crippen LogP contribution in [0.4, 0.5) is 18.0 Å². The lowest BCUT2D eigenvalue weighted by Gasteiger charge is -2.34. The van der Waals surface area contributed by atoms with Crippen molar-refractivity contribution in [2.75, 3.05) is 13.1 Å². The Hall–Kier alpha value is -3.14. The maximum atomic E-state index is 13.4. The van der Waals surface area contributed by atoms with Gasteiger partial charge in [0.1, 0.15) is 0 Å². The maximum absolute atomic E-state index is 13.4. The first kappa shape index (κ1) is 23.0. The van der Waals surface area contributed by atoms with Crippen LogP contribution in [-0.4, -0.2) is 45.2 Å². The van der Waals surface area contributed by atoms with Crippen LogP contribution in [0.2, 0.25) is 0 Å². The van der Waals surface area contributed by atoms with Gasteiger partial charge in [-0.2, -0.15) is 13.2 Å². The molecule has 1 unspecified atom stereocenters. The summed E-state index contributed by atoms with van der Waals surface area (Å²) >= 11 is 1.20. The van der Waals surface area contributed by atoms with Crippen LogP contribution in [0.1, 0.15) is 23.6 Å². The number of primary amides is 1. The summed E-state index contributed by atoms with van der Waals surface area (Å²) in [6.45, 7) is 2.72. The van der Waals surface area contributed by atoms with Crippen molar-refractivity contribution in [3.8, 4) is 0 Å². The molecule has 174 valence electrons. The van der Waals surface area contributed by atoms with Crippen LogP contribution in [0, 0.1) is 0 Å². The molecule has 33 heavy (non-hydrogen) atoms. The highest BCUT2D eigenvalue weighted by Gasteiger charge is 2.43. The average Bonchev–Trinajstić information content (AvgIpc) is 3.28. The number of rotatable bonds is 6. The number of halogens is 3. The van der Waals surface area contributed by atoms with Crippen LogP contribution in [0.15, 0.2) is 65.2 Å². The topological polar surface area (TPSA) is 69.9 Å². The molecule has 2 N–H and O–H groups in total. The molecule has 2 aliphatic heterocycles. The van der Waals surface area contributed by atoms with Gasteiger partial charge in [-0.1, -0.05) is 60.3 Å². The third-order valence-electron chi connectivity index (χ3n) is 5.75. The summed E-state index contributed by atoms with van der Waals surface area (Å²) in [5.74, 6) is -0.569. The zero-order valence-electron chi connectivity index (χ0n) is 17.9. The summed E-state index contributed by atoms with van der Waals surface area (Å²) in [7, 11) is 0. The number of thioether (sulfide) groups is 1. The van der Waals surface area contributed by atoms with E-state index in [0.717, 1.165) is 11.6 Å². The highest BCUT2D eigenvalue weighted by Crippen LogP contribution is 2.42. The fraction of sp³-hybridized carbons (Fsp3) is 0.304. The van der Waals surface area contributed by atoms with Gasteiger partial charge >= 0.3 is 12.2 Å². The molecule has 0 radical (unpaired) electrons. The van der Waals surface area contributed by atoms with Gasteiger partial charge in [-0.15, -0.1) is 0 Å². The van der Waals surface area contributed by atoms with Crippen molar-refractivity contribution in [2.24, 2.45) is 5.73 Å². The van der Waals surface area contributed by atoms with Crippen molar-refractivity contribution in [2.45, 2.75) is 31.7 Å². The number of nitrogens with zero attached hydrogens (tertiary/aromatic N) is 3. The predicted octanol–water partition coefficient (Wildman–Crippen LogP) is 4.19. The number of amides is 3. The number of urea groups is 1. The van der Waals surface area contributed by atoms with E-state index in [1.165, 1.54) is 34.9 Å². The molecule has 2 aliphatic rings. The van der Waals surface area contributed by atoms with Gasteiger partial charge in [0.25, 0.3) is 5.91 Å². The summed E-state index contributed by atoms with van der Waals surface area (Å²) in [6.07, 6.45) is -4.50. The largest absolute Gasteiger partial charge is 0.416 e. The lowest BCUT2D eigenvalue weighted by atomic mass is 10.1. The molecule has 2 aromatic carbocycles. The van der Waals surface area contributed by atoms with Crippen molar-refractivity contribution >= 4 is 23.7 Å². The standard InChI is InChI=1S/C23H23F3N4O2S/c1-15-19(20(27)31)33-22(30(15)13-16-7-3-2-4-8-16)29-12-11-28(21(29)32)14-17-9-5-6-10-18(17)23(24,25)26/h2-10,22H,11-14H2,1H3,(H2,27,31). The second-order valence-electron chi connectivity index (χ2n) is 7.89. The van der Waals surface area contributed by atoms with E-state index in [0.29, 0.717) is 23.7 Å². The number of hydrogen-bond acceptors (Lipinski definition) is 4. The fourth-order valence-corrected chi connectivity index (χ4v) is 5.39. The Bertz CT molecular complexity index is 1090. The third-order valence-corrected chi connectivity index (χ3v) is 7.20. The molecule has 0 spiro atoms. The van der Waals surface area contributed by atoms with Gasteiger partial charge in [-0.05, 0) is 24.1 Å². The van der Waals surface area contributed by atoms with E-state index in [1.807, 2.05) is 35.2 Å². The zero-order valence-corrected chi connectivity index (χ0v) is 18.7. The molecule has 1 saturated heterocycles. The molecule has 4 rings (SSSR count). The van der Waals surface area contributed by atoms with E-state index in [9.17, 15) is 22.8 Å². The van der Waals surface area contributed by atoms with E-state index in [-0.39, 0.29) is 24.7 Å². The van der Waals surface area contributed by atoms with Gasteiger partial charge in [0.05, 0.1) is 10.5 Å². The first-order valence-corrected chi connectivity index (χ1v) is 11.2. The Morgan fingerprint density at radius 1 is 1.06 bits per heavy atom. The molecule has 1 atom stereocenters.